The van der Waals surface area contributed by atoms with Crippen LogP contribution >= 0.6 is 12.2 Å². The third-order valence-electron chi connectivity index (χ3n) is 2.95. The standard InChI is InChI=1S/C17H20N2OS/c1-2-18-17(21)19-15-8-10-16(11-9-15)20-13-12-14-6-4-3-5-7-14/h3-11H,2,12-13H2,1H3,(H2,18,19,21). The van der Waals surface area contributed by atoms with Crippen molar-refractivity contribution < 1.29 is 4.74 Å². The lowest BCUT2D eigenvalue weighted by Gasteiger charge is -2.10. The van der Waals surface area contributed by atoms with Crippen LogP contribution in [0.15, 0.2) is 54.6 Å². The first-order valence-electron chi connectivity index (χ1n) is 7.09. The average Bonchev–Trinajstić information content (AvgIpc) is 2.50. The minimum absolute atomic E-state index is 0.634. The SMILES string of the molecule is CCNC(=S)Nc1ccc(OCCc2ccccc2)cc1. The molecule has 0 radical (unpaired) electrons. The number of hydrogen-bond donors (Lipinski definition) is 2. The third-order valence-corrected chi connectivity index (χ3v) is 3.20. The van der Waals surface area contributed by atoms with E-state index >= 15 is 0 Å². The second-order valence-corrected chi connectivity index (χ2v) is 5.00. The number of anilines is 1. The van der Waals surface area contributed by atoms with Crippen LogP contribution in [-0.2, 0) is 6.42 Å². The first-order chi connectivity index (χ1) is 10.3. The molecule has 0 heterocycles. The molecule has 0 bridgehead atoms. The van der Waals surface area contributed by atoms with Crippen LogP contribution in [-0.4, -0.2) is 18.3 Å². The van der Waals surface area contributed by atoms with Gasteiger partial charge in [-0.05, 0) is 49.0 Å². The van der Waals surface area contributed by atoms with E-state index in [1.165, 1.54) is 5.56 Å². The van der Waals surface area contributed by atoms with E-state index in [2.05, 4.69) is 22.8 Å². The summed E-state index contributed by atoms with van der Waals surface area (Å²) >= 11 is 5.14. The fourth-order valence-corrected chi connectivity index (χ4v) is 2.16. The molecule has 0 atom stereocenters. The van der Waals surface area contributed by atoms with Gasteiger partial charge < -0.3 is 15.4 Å². The fourth-order valence-electron chi connectivity index (χ4n) is 1.90. The topological polar surface area (TPSA) is 33.3 Å². The molecule has 3 nitrogen and oxygen atoms in total. The third kappa shape index (κ3) is 5.44. The summed E-state index contributed by atoms with van der Waals surface area (Å²) in [7, 11) is 0. The minimum atomic E-state index is 0.634. The van der Waals surface area contributed by atoms with Crippen LogP contribution in [0.3, 0.4) is 0 Å². The van der Waals surface area contributed by atoms with Crippen LogP contribution in [0.2, 0.25) is 0 Å². The Morgan fingerprint density at radius 2 is 1.76 bits per heavy atom. The molecule has 110 valence electrons. The zero-order valence-electron chi connectivity index (χ0n) is 12.1. The van der Waals surface area contributed by atoms with Crippen molar-refractivity contribution in [1.29, 1.82) is 0 Å². The Bertz CT molecular complexity index is 555. The van der Waals surface area contributed by atoms with Crippen molar-refractivity contribution in [2.24, 2.45) is 0 Å². The van der Waals surface area contributed by atoms with E-state index in [0.29, 0.717) is 11.7 Å². The summed E-state index contributed by atoms with van der Waals surface area (Å²) in [5.41, 5.74) is 2.24. The lowest BCUT2D eigenvalue weighted by Crippen LogP contribution is -2.27. The zero-order chi connectivity index (χ0) is 14.9. The van der Waals surface area contributed by atoms with Crippen LogP contribution < -0.4 is 15.4 Å². The monoisotopic (exact) mass is 300 g/mol. The van der Waals surface area contributed by atoms with E-state index in [0.717, 1.165) is 24.4 Å². The summed E-state index contributed by atoms with van der Waals surface area (Å²) in [4.78, 5) is 0. The molecule has 2 aromatic carbocycles. The normalized spacial score (nSPS) is 9.95. The Kier molecular flexibility index (Phi) is 6.03. The Hall–Kier alpha value is -2.07. The molecule has 0 amide bonds. The quantitative estimate of drug-likeness (QED) is 0.798. The molecule has 0 aliphatic carbocycles. The molecule has 0 aromatic heterocycles. The number of benzene rings is 2. The zero-order valence-corrected chi connectivity index (χ0v) is 13.0. The number of ether oxygens (including phenoxy) is 1. The molecule has 0 unspecified atom stereocenters. The van der Waals surface area contributed by atoms with Gasteiger partial charge in [-0.1, -0.05) is 30.3 Å². The summed E-state index contributed by atoms with van der Waals surface area (Å²) in [6.45, 7) is 3.50. The summed E-state index contributed by atoms with van der Waals surface area (Å²) in [6.07, 6.45) is 0.908. The number of thiocarbonyl (C=S) groups is 1. The lowest BCUT2D eigenvalue weighted by atomic mass is 10.2. The number of nitrogens with one attached hydrogen (secondary N) is 2. The van der Waals surface area contributed by atoms with E-state index < -0.39 is 0 Å². The number of hydrogen-bond acceptors (Lipinski definition) is 2. The van der Waals surface area contributed by atoms with Crippen LogP contribution in [0.4, 0.5) is 5.69 Å². The van der Waals surface area contributed by atoms with Crippen molar-refractivity contribution >= 4 is 23.0 Å². The Balaban J connectivity index is 1.78. The van der Waals surface area contributed by atoms with Crippen molar-refractivity contribution in [3.05, 3.63) is 60.2 Å². The first-order valence-corrected chi connectivity index (χ1v) is 7.50. The Morgan fingerprint density at radius 1 is 1.05 bits per heavy atom. The minimum Gasteiger partial charge on any atom is -0.493 e. The molecule has 0 saturated heterocycles. The molecule has 0 fully saturated rings. The number of rotatable bonds is 6. The van der Waals surface area contributed by atoms with Gasteiger partial charge in [0.1, 0.15) is 5.75 Å². The van der Waals surface area contributed by atoms with Crippen molar-refractivity contribution in [2.75, 3.05) is 18.5 Å². The van der Waals surface area contributed by atoms with Gasteiger partial charge in [-0.3, -0.25) is 0 Å². The van der Waals surface area contributed by atoms with Crippen molar-refractivity contribution in [3.8, 4) is 5.75 Å². The Morgan fingerprint density at radius 3 is 2.43 bits per heavy atom. The van der Waals surface area contributed by atoms with Gasteiger partial charge in [0.2, 0.25) is 0 Å². The van der Waals surface area contributed by atoms with Gasteiger partial charge in [0.15, 0.2) is 5.11 Å². The maximum Gasteiger partial charge on any atom is 0.170 e. The van der Waals surface area contributed by atoms with Crippen LogP contribution in [0.25, 0.3) is 0 Å². The molecule has 0 aliphatic heterocycles. The van der Waals surface area contributed by atoms with E-state index in [-0.39, 0.29) is 0 Å². The predicted octanol–water partition coefficient (Wildman–Crippen LogP) is 3.61. The first kappa shape index (κ1) is 15.3. The molecule has 0 aliphatic rings. The van der Waals surface area contributed by atoms with Gasteiger partial charge in [0, 0.05) is 18.7 Å². The molecule has 0 saturated carbocycles. The maximum atomic E-state index is 5.74. The molecule has 2 N–H and O–H groups in total. The van der Waals surface area contributed by atoms with E-state index in [9.17, 15) is 0 Å². The highest BCUT2D eigenvalue weighted by Crippen LogP contribution is 2.16. The van der Waals surface area contributed by atoms with Crippen LogP contribution in [0.1, 0.15) is 12.5 Å². The lowest BCUT2D eigenvalue weighted by molar-refractivity contribution is 0.322. The van der Waals surface area contributed by atoms with Gasteiger partial charge in [-0.25, -0.2) is 0 Å². The average molecular weight is 300 g/mol. The highest BCUT2D eigenvalue weighted by Gasteiger charge is 1.98. The summed E-state index contributed by atoms with van der Waals surface area (Å²) in [6, 6.07) is 18.1. The second kappa shape index (κ2) is 8.27. The van der Waals surface area contributed by atoms with Crippen molar-refractivity contribution in [2.45, 2.75) is 13.3 Å². The Labute approximate surface area is 131 Å². The molecule has 4 heteroatoms. The summed E-state index contributed by atoms with van der Waals surface area (Å²) < 4.78 is 5.74. The maximum absolute atomic E-state index is 5.74. The highest BCUT2D eigenvalue weighted by atomic mass is 32.1. The summed E-state index contributed by atoms with van der Waals surface area (Å²) in [5, 5.41) is 6.80. The smallest absolute Gasteiger partial charge is 0.170 e. The molecular weight excluding hydrogens is 280 g/mol. The van der Waals surface area contributed by atoms with Crippen molar-refractivity contribution in [3.63, 3.8) is 0 Å². The molecule has 0 spiro atoms. The van der Waals surface area contributed by atoms with Gasteiger partial charge in [-0.2, -0.15) is 0 Å². The fraction of sp³-hybridized carbons (Fsp3) is 0.235. The largest absolute Gasteiger partial charge is 0.493 e. The van der Waals surface area contributed by atoms with Gasteiger partial charge in [0.25, 0.3) is 0 Å². The van der Waals surface area contributed by atoms with Crippen LogP contribution in [0, 0.1) is 0 Å². The van der Waals surface area contributed by atoms with Gasteiger partial charge >= 0.3 is 0 Å². The van der Waals surface area contributed by atoms with Crippen molar-refractivity contribution in [1.82, 2.24) is 5.32 Å². The molecule has 2 aromatic rings. The molecule has 21 heavy (non-hydrogen) atoms. The molecule has 2 rings (SSSR count). The van der Waals surface area contributed by atoms with Gasteiger partial charge in [0.05, 0.1) is 6.61 Å². The molecular formula is C17H20N2OS. The summed E-state index contributed by atoms with van der Waals surface area (Å²) in [5.74, 6) is 0.867. The van der Waals surface area contributed by atoms with E-state index in [1.54, 1.807) is 0 Å². The van der Waals surface area contributed by atoms with Gasteiger partial charge in [-0.15, -0.1) is 0 Å². The predicted molar refractivity (Wildman–Crippen MR) is 92.0 cm³/mol. The van der Waals surface area contributed by atoms with E-state index in [4.69, 9.17) is 17.0 Å². The highest BCUT2D eigenvalue weighted by molar-refractivity contribution is 7.80. The van der Waals surface area contributed by atoms with E-state index in [1.807, 2.05) is 49.4 Å². The van der Waals surface area contributed by atoms with Crippen LogP contribution in [0.5, 0.6) is 5.75 Å². The second-order valence-electron chi connectivity index (χ2n) is 4.59.